The van der Waals surface area contributed by atoms with Crippen LogP contribution in [0.15, 0.2) is 17.1 Å². The summed E-state index contributed by atoms with van der Waals surface area (Å²) >= 11 is 0. The normalized spacial score (nSPS) is 13.6. The molecule has 0 saturated heterocycles. The molecule has 2 aromatic rings. The molecule has 144 valence electrons. The number of hydrogen-bond acceptors (Lipinski definition) is 5. The van der Waals surface area contributed by atoms with Crippen LogP contribution in [0.2, 0.25) is 0 Å². The Kier molecular flexibility index (Phi) is 5.49. The highest BCUT2D eigenvalue weighted by atomic mass is 16.5. The van der Waals surface area contributed by atoms with E-state index in [2.05, 4.69) is 63.6 Å². The van der Waals surface area contributed by atoms with Gasteiger partial charge in [-0.3, -0.25) is 0 Å². The molecule has 0 atom stereocenters. The van der Waals surface area contributed by atoms with E-state index in [9.17, 15) is 0 Å². The molecule has 1 aromatic carbocycles. The van der Waals surface area contributed by atoms with Gasteiger partial charge in [-0.05, 0) is 58.6 Å². The molecule has 27 heavy (non-hydrogen) atoms. The summed E-state index contributed by atoms with van der Waals surface area (Å²) < 4.78 is 6.22. The Balaban J connectivity index is 2.17. The fourth-order valence-electron chi connectivity index (χ4n) is 3.82. The minimum atomic E-state index is 0.136. The average Bonchev–Trinajstić information content (AvgIpc) is 2.59. The van der Waals surface area contributed by atoms with E-state index < -0.39 is 0 Å². The van der Waals surface area contributed by atoms with Gasteiger partial charge in [-0.25, -0.2) is 9.98 Å². The fraction of sp³-hybridized carbons (Fsp3) is 0.500. The zero-order valence-electron chi connectivity index (χ0n) is 17.6. The molecule has 5 nitrogen and oxygen atoms in total. The van der Waals surface area contributed by atoms with Crippen molar-refractivity contribution in [3.63, 3.8) is 0 Å². The molecule has 0 aliphatic carbocycles. The van der Waals surface area contributed by atoms with E-state index in [1.54, 1.807) is 0 Å². The maximum atomic E-state index is 6.22. The summed E-state index contributed by atoms with van der Waals surface area (Å²) in [5.41, 5.74) is 6.73. The van der Waals surface area contributed by atoms with Crippen LogP contribution in [0.25, 0.3) is 0 Å². The first kappa shape index (κ1) is 19.3. The molecule has 5 heteroatoms. The minimum Gasteiger partial charge on any atom is -0.473 e. The van der Waals surface area contributed by atoms with E-state index >= 15 is 0 Å². The SMILES string of the molecule is CCC(CC)Oc1nc(C)nc2c1N=C(C)CN2c1c(C)cc(C)cc1C. The third-order valence-corrected chi connectivity index (χ3v) is 4.99. The van der Waals surface area contributed by atoms with Crippen molar-refractivity contribution < 1.29 is 4.74 Å². The smallest absolute Gasteiger partial charge is 0.245 e. The predicted octanol–water partition coefficient (Wildman–Crippen LogP) is 5.52. The van der Waals surface area contributed by atoms with Crippen molar-refractivity contribution in [3.8, 4) is 5.88 Å². The van der Waals surface area contributed by atoms with Crippen molar-refractivity contribution in [1.82, 2.24) is 9.97 Å². The van der Waals surface area contributed by atoms with Crippen molar-refractivity contribution in [1.29, 1.82) is 0 Å². The number of aromatic nitrogens is 2. The maximum absolute atomic E-state index is 6.22. The van der Waals surface area contributed by atoms with Crippen LogP contribution in [0.3, 0.4) is 0 Å². The van der Waals surface area contributed by atoms with Gasteiger partial charge in [0.1, 0.15) is 11.9 Å². The highest BCUT2D eigenvalue weighted by Crippen LogP contribution is 2.43. The van der Waals surface area contributed by atoms with Gasteiger partial charge >= 0.3 is 0 Å². The van der Waals surface area contributed by atoms with Crippen LogP contribution in [0, 0.1) is 27.7 Å². The summed E-state index contributed by atoms with van der Waals surface area (Å²) in [5.74, 6) is 2.14. The van der Waals surface area contributed by atoms with Crippen molar-refractivity contribution in [2.75, 3.05) is 11.4 Å². The molecule has 0 N–H and O–H groups in total. The van der Waals surface area contributed by atoms with Gasteiger partial charge in [0.05, 0.1) is 6.54 Å². The summed E-state index contributed by atoms with van der Waals surface area (Å²) in [6, 6.07) is 4.44. The van der Waals surface area contributed by atoms with Crippen molar-refractivity contribution >= 4 is 22.9 Å². The second-order valence-corrected chi connectivity index (χ2v) is 7.49. The van der Waals surface area contributed by atoms with E-state index in [0.717, 1.165) is 36.6 Å². The van der Waals surface area contributed by atoms with Crippen LogP contribution in [0.5, 0.6) is 5.88 Å². The van der Waals surface area contributed by atoms with E-state index in [-0.39, 0.29) is 6.10 Å². The second-order valence-electron chi connectivity index (χ2n) is 7.49. The third kappa shape index (κ3) is 3.82. The zero-order valence-corrected chi connectivity index (χ0v) is 17.6. The number of rotatable bonds is 5. The predicted molar refractivity (Wildman–Crippen MR) is 112 cm³/mol. The number of benzene rings is 1. The quantitative estimate of drug-likeness (QED) is 0.699. The van der Waals surface area contributed by atoms with Gasteiger partial charge in [-0.1, -0.05) is 31.5 Å². The largest absolute Gasteiger partial charge is 0.473 e. The molecule has 2 heterocycles. The molecule has 3 rings (SSSR count). The summed E-state index contributed by atoms with van der Waals surface area (Å²) in [7, 11) is 0. The van der Waals surface area contributed by atoms with Gasteiger partial charge in [0, 0.05) is 11.4 Å². The van der Waals surface area contributed by atoms with Gasteiger partial charge in [0.15, 0.2) is 11.5 Å². The Morgan fingerprint density at radius 3 is 2.22 bits per heavy atom. The van der Waals surface area contributed by atoms with Crippen LogP contribution >= 0.6 is 0 Å². The highest BCUT2D eigenvalue weighted by Gasteiger charge is 2.28. The van der Waals surface area contributed by atoms with E-state index in [4.69, 9.17) is 14.7 Å². The van der Waals surface area contributed by atoms with Crippen LogP contribution in [-0.2, 0) is 0 Å². The number of hydrogen-bond donors (Lipinski definition) is 0. The number of fused-ring (bicyclic) bond motifs is 1. The summed E-state index contributed by atoms with van der Waals surface area (Å²) in [6.45, 7) is 15.4. The van der Waals surface area contributed by atoms with Gasteiger partial charge in [0.25, 0.3) is 0 Å². The first-order valence-electron chi connectivity index (χ1n) is 9.78. The number of anilines is 2. The van der Waals surface area contributed by atoms with Crippen LogP contribution in [0.1, 0.15) is 56.1 Å². The lowest BCUT2D eigenvalue weighted by Crippen LogP contribution is -2.30. The topological polar surface area (TPSA) is 50.6 Å². The molecule has 1 aliphatic heterocycles. The lowest BCUT2D eigenvalue weighted by atomic mass is 10.0. The van der Waals surface area contributed by atoms with Crippen LogP contribution in [-0.4, -0.2) is 28.3 Å². The highest BCUT2D eigenvalue weighted by molar-refractivity contribution is 5.97. The summed E-state index contributed by atoms with van der Waals surface area (Å²) in [4.78, 5) is 16.4. The van der Waals surface area contributed by atoms with Gasteiger partial charge in [-0.2, -0.15) is 4.98 Å². The van der Waals surface area contributed by atoms with E-state index in [1.165, 1.54) is 22.4 Å². The van der Waals surface area contributed by atoms with Crippen molar-refractivity contribution in [3.05, 3.63) is 34.6 Å². The Morgan fingerprint density at radius 2 is 1.63 bits per heavy atom. The molecule has 0 fully saturated rings. The summed E-state index contributed by atoms with van der Waals surface area (Å²) in [5, 5.41) is 0. The second kappa shape index (κ2) is 7.67. The minimum absolute atomic E-state index is 0.136. The van der Waals surface area contributed by atoms with E-state index in [1.807, 2.05) is 6.92 Å². The fourth-order valence-corrected chi connectivity index (χ4v) is 3.82. The Labute approximate surface area is 162 Å². The lowest BCUT2D eigenvalue weighted by molar-refractivity contribution is 0.185. The first-order chi connectivity index (χ1) is 12.8. The molecular formula is C22H30N4O. The molecule has 0 radical (unpaired) electrons. The number of aliphatic imine (C=N–C) groups is 1. The maximum Gasteiger partial charge on any atom is 0.245 e. The molecule has 0 amide bonds. The standard InChI is InChI=1S/C22H30N4O/c1-8-18(9-2)27-22-19-21(24-17(7)25-22)26(12-16(6)23-19)20-14(4)10-13(3)11-15(20)5/h10-11,18H,8-9,12H2,1-7H3. The lowest BCUT2D eigenvalue weighted by Gasteiger charge is -2.32. The number of ether oxygens (including phenoxy) is 1. The van der Waals surface area contributed by atoms with E-state index in [0.29, 0.717) is 11.7 Å². The Morgan fingerprint density at radius 1 is 1.00 bits per heavy atom. The molecule has 1 aromatic heterocycles. The van der Waals surface area contributed by atoms with Gasteiger partial charge < -0.3 is 9.64 Å². The molecule has 0 saturated carbocycles. The van der Waals surface area contributed by atoms with Crippen molar-refractivity contribution in [2.45, 2.75) is 67.4 Å². The average molecular weight is 367 g/mol. The van der Waals surface area contributed by atoms with Crippen molar-refractivity contribution in [2.24, 2.45) is 4.99 Å². The zero-order chi connectivity index (χ0) is 19.7. The molecule has 0 spiro atoms. The Hall–Kier alpha value is -2.43. The van der Waals surface area contributed by atoms with Gasteiger partial charge in [0.2, 0.25) is 5.88 Å². The van der Waals surface area contributed by atoms with Gasteiger partial charge in [-0.15, -0.1) is 0 Å². The van der Waals surface area contributed by atoms with Crippen LogP contribution in [0.4, 0.5) is 17.2 Å². The monoisotopic (exact) mass is 366 g/mol. The summed E-state index contributed by atoms with van der Waals surface area (Å²) in [6.07, 6.45) is 2.02. The number of aryl methyl sites for hydroxylation is 4. The molecule has 1 aliphatic rings. The molecule has 0 bridgehead atoms. The third-order valence-electron chi connectivity index (χ3n) is 4.99. The van der Waals surface area contributed by atoms with Crippen LogP contribution < -0.4 is 9.64 Å². The number of nitrogens with zero attached hydrogens (tertiary/aromatic N) is 4. The molecule has 0 unspecified atom stereocenters. The Bertz CT molecular complexity index is 861. The molecular weight excluding hydrogens is 336 g/mol. The first-order valence-corrected chi connectivity index (χ1v) is 9.78.